The van der Waals surface area contributed by atoms with Crippen LogP contribution in [0, 0.1) is 0 Å². The summed E-state index contributed by atoms with van der Waals surface area (Å²) in [5.41, 5.74) is 4.04. The number of hydrogen-bond acceptors (Lipinski definition) is 2. The largest absolute Gasteiger partial charge is 0.246 e. The van der Waals surface area contributed by atoms with E-state index in [-0.39, 0.29) is 0 Å². The molecule has 112 valence electrons. The van der Waals surface area contributed by atoms with Crippen LogP contribution in [0.15, 0.2) is 36.4 Å². The molecule has 0 amide bonds. The normalized spacial score (nSPS) is 10.8. The SMILES string of the molecule is CCCCCc1ccc(CCc2ccc(CF)cc2)nn1. The molecule has 0 aliphatic carbocycles. The Morgan fingerprint density at radius 1 is 0.762 bits per heavy atom. The lowest BCUT2D eigenvalue weighted by molar-refractivity contribution is 0.485. The summed E-state index contributed by atoms with van der Waals surface area (Å²) in [4.78, 5) is 0. The topological polar surface area (TPSA) is 25.8 Å². The number of nitrogens with zero attached hydrogens (tertiary/aromatic N) is 2. The average Bonchev–Trinajstić information content (AvgIpc) is 2.55. The fourth-order valence-electron chi connectivity index (χ4n) is 2.28. The molecule has 0 saturated heterocycles. The Labute approximate surface area is 126 Å². The van der Waals surface area contributed by atoms with Crippen molar-refractivity contribution < 1.29 is 4.39 Å². The minimum atomic E-state index is -0.398. The molecule has 3 heteroatoms. The summed E-state index contributed by atoms with van der Waals surface area (Å²) in [5.74, 6) is 0. The van der Waals surface area contributed by atoms with E-state index in [0.717, 1.165) is 36.2 Å². The summed E-state index contributed by atoms with van der Waals surface area (Å²) in [6, 6.07) is 11.8. The van der Waals surface area contributed by atoms with Crippen molar-refractivity contribution in [2.45, 2.75) is 52.1 Å². The number of aryl methyl sites for hydroxylation is 3. The van der Waals surface area contributed by atoms with E-state index in [1.165, 1.54) is 24.8 Å². The van der Waals surface area contributed by atoms with Crippen molar-refractivity contribution >= 4 is 0 Å². The third-order valence-electron chi connectivity index (χ3n) is 3.66. The molecule has 2 aromatic rings. The Kier molecular flexibility index (Phi) is 6.32. The highest BCUT2D eigenvalue weighted by atomic mass is 19.1. The molecule has 2 rings (SSSR count). The summed E-state index contributed by atoms with van der Waals surface area (Å²) in [6.07, 6.45) is 6.47. The minimum Gasteiger partial charge on any atom is -0.246 e. The molecular formula is C18H23FN2. The number of halogens is 1. The molecule has 0 radical (unpaired) electrons. The second-order valence-corrected chi connectivity index (χ2v) is 5.42. The Hall–Kier alpha value is -1.77. The van der Waals surface area contributed by atoms with E-state index < -0.39 is 6.67 Å². The van der Waals surface area contributed by atoms with E-state index in [2.05, 4.69) is 29.3 Å². The van der Waals surface area contributed by atoms with E-state index >= 15 is 0 Å². The maximum absolute atomic E-state index is 12.4. The van der Waals surface area contributed by atoms with Crippen LogP contribution in [-0.2, 0) is 25.9 Å². The van der Waals surface area contributed by atoms with Gasteiger partial charge in [-0.3, -0.25) is 0 Å². The van der Waals surface area contributed by atoms with Crippen molar-refractivity contribution in [3.8, 4) is 0 Å². The molecule has 0 unspecified atom stereocenters. The lowest BCUT2D eigenvalue weighted by atomic mass is 10.1. The predicted octanol–water partition coefficient (Wildman–Crippen LogP) is 4.46. The van der Waals surface area contributed by atoms with E-state index in [1.54, 1.807) is 0 Å². The van der Waals surface area contributed by atoms with Crippen LogP contribution in [0.3, 0.4) is 0 Å². The molecule has 2 nitrogen and oxygen atoms in total. The first-order valence-electron chi connectivity index (χ1n) is 7.77. The Morgan fingerprint density at radius 2 is 1.38 bits per heavy atom. The van der Waals surface area contributed by atoms with Gasteiger partial charge in [-0.05, 0) is 48.9 Å². The van der Waals surface area contributed by atoms with E-state index in [0.29, 0.717) is 0 Å². The molecule has 21 heavy (non-hydrogen) atoms. The molecule has 1 aromatic heterocycles. The molecule has 1 aromatic carbocycles. The van der Waals surface area contributed by atoms with Gasteiger partial charge in [0, 0.05) is 0 Å². The van der Waals surface area contributed by atoms with Gasteiger partial charge in [0.05, 0.1) is 11.4 Å². The van der Waals surface area contributed by atoms with Gasteiger partial charge in [-0.15, -0.1) is 0 Å². The summed E-state index contributed by atoms with van der Waals surface area (Å²) in [5, 5.41) is 8.59. The number of aromatic nitrogens is 2. The molecule has 0 spiro atoms. The lowest BCUT2D eigenvalue weighted by Crippen LogP contribution is -1.99. The maximum atomic E-state index is 12.4. The van der Waals surface area contributed by atoms with Gasteiger partial charge in [-0.2, -0.15) is 10.2 Å². The third kappa shape index (κ3) is 5.25. The maximum Gasteiger partial charge on any atom is 0.115 e. The summed E-state index contributed by atoms with van der Waals surface area (Å²) in [7, 11) is 0. The highest BCUT2D eigenvalue weighted by molar-refractivity contribution is 5.23. The van der Waals surface area contributed by atoms with Gasteiger partial charge < -0.3 is 0 Å². The number of benzene rings is 1. The molecule has 0 bridgehead atoms. The van der Waals surface area contributed by atoms with Crippen LogP contribution >= 0.6 is 0 Å². The second kappa shape index (κ2) is 8.50. The fraction of sp³-hybridized carbons (Fsp3) is 0.444. The van der Waals surface area contributed by atoms with Gasteiger partial charge >= 0.3 is 0 Å². The molecule has 0 fully saturated rings. The zero-order chi connectivity index (χ0) is 14.9. The van der Waals surface area contributed by atoms with Gasteiger partial charge in [0.2, 0.25) is 0 Å². The van der Waals surface area contributed by atoms with Crippen molar-refractivity contribution in [1.82, 2.24) is 10.2 Å². The molecule has 1 heterocycles. The van der Waals surface area contributed by atoms with Gasteiger partial charge in [-0.1, -0.05) is 44.0 Å². The zero-order valence-corrected chi connectivity index (χ0v) is 12.7. The second-order valence-electron chi connectivity index (χ2n) is 5.42. The van der Waals surface area contributed by atoms with Crippen LogP contribution < -0.4 is 0 Å². The van der Waals surface area contributed by atoms with Gasteiger partial charge in [0.1, 0.15) is 6.67 Å². The summed E-state index contributed by atoms with van der Waals surface area (Å²) >= 11 is 0. The lowest BCUT2D eigenvalue weighted by Gasteiger charge is -2.03. The Morgan fingerprint density at radius 3 is 1.95 bits per heavy atom. The van der Waals surface area contributed by atoms with E-state index in [1.807, 2.05) is 24.3 Å². The van der Waals surface area contributed by atoms with E-state index in [9.17, 15) is 4.39 Å². The van der Waals surface area contributed by atoms with Crippen molar-refractivity contribution in [2.75, 3.05) is 0 Å². The molecular weight excluding hydrogens is 263 g/mol. The van der Waals surface area contributed by atoms with Gasteiger partial charge in [0.25, 0.3) is 0 Å². The highest BCUT2D eigenvalue weighted by Crippen LogP contribution is 2.09. The standard InChI is InChI=1S/C18H23FN2/c1-2-3-4-5-17-12-13-18(21-20-17)11-10-15-6-8-16(14-19)9-7-15/h6-9,12-13H,2-5,10-11,14H2,1H3. The Bertz CT molecular complexity index is 520. The first kappa shape index (κ1) is 15.6. The van der Waals surface area contributed by atoms with Crippen LogP contribution in [0.4, 0.5) is 4.39 Å². The van der Waals surface area contributed by atoms with E-state index in [4.69, 9.17) is 0 Å². The van der Waals surface area contributed by atoms with Crippen LogP contribution in [0.25, 0.3) is 0 Å². The first-order chi connectivity index (χ1) is 10.3. The molecule has 0 aliphatic rings. The fourth-order valence-corrected chi connectivity index (χ4v) is 2.28. The monoisotopic (exact) mass is 286 g/mol. The van der Waals surface area contributed by atoms with Gasteiger partial charge in [-0.25, -0.2) is 4.39 Å². The van der Waals surface area contributed by atoms with Crippen LogP contribution in [0.2, 0.25) is 0 Å². The smallest absolute Gasteiger partial charge is 0.115 e. The summed E-state index contributed by atoms with van der Waals surface area (Å²) < 4.78 is 12.4. The highest BCUT2D eigenvalue weighted by Gasteiger charge is 2.00. The van der Waals surface area contributed by atoms with Crippen molar-refractivity contribution in [3.63, 3.8) is 0 Å². The summed E-state index contributed by atoms with van der Waals surface area (Å²) in [6.45, 7) is 1.81. The average molecular weight is 286 g/mol. The quantitative estimate of drug-likeness (QED) is 0.669. The number of unbranched alkanes of at least 4 members (excludes halogenated alkanes) is 2. The van der Waals surface area contributed by atoms with Crippen molar-refractivity contribution in [2.24, 2.45) is 0 Å². The van der Waals surface area contributed by atoms with Crippen molar-refractivity contribution in [1.29, 1.82) is 0 Å². The first-order valence-corrected chi connectivity index (χ1v) is 7.77. The third-order valence-corrected chi connectivity index (χ3v) is 3.66. The number of hydrogen-bond donors (Lipinski definition) is 0. The molecule has 0 saturated carbocycles. The minimum absolute atomic E-state index is 0.398. The van der Waals surface area contributed by atoms with Gasteiger partial charge in [0.15, 0.2) is 0 Å². The van der Waals surface area contributed by atoms with Crippen LogP contribution in [0.5, 0.6) is 0 Å². The number of rotatable bonds is 8. The number of alkyl halides is 1. The van der Waals surface area contributed by atoms with Crippen LogP contribution in [0.1, 0.15) is 48.7 Å². The van der Waals surface area contributed by atoms with Crippen LogP contribution in [-0.4, -0.2) is 10.2 Å². The molecule has 0 atom stereocenters. The van der Waals surface area contributed by atoms with Crippen molar-refractivity contribution in [3.05, 3.63) is 58.9 Å². The zero-order valence-electron chi connectivity index (χ0n) is 12.7. The predicted molar refractivity (Wildman–Crippen MR) is 83.9 cm³/mol. The Balaban J connectivity index is 1.82. The molecule has 0 aliphatic heterocycles. The molecule has 0 N–H and O–H groups in total.